The van der Waals surface area contributed by atoms with E-state index >= 15 is 0 Å². The van der Waals surface area contributed by atoms with Gasteiger partial charge in [-0.25, -0.2) is 9.78 Å². The Hall–Kier alpha value is -2.31. The van der Waals surface area contributed by atoms with Crippen LogP contribution in [0.15, 0.2) is 6.07 Å². The van der Waals surface area contributed by atoms with E-state index in [2.05, 4.69) is 15.2 Å². The summed E-state index contributed by atoms with van der Waals surface area (Å²) >= 11 is 0. The molecule has 3 rings (SSSR count). The Kier molecular flexibility index (Phi) is 4.59. The van der Waals surface area contributed by atoms with Gasteiger partial charge in [-0.3, -0.25) is 4.79 Å². The van der Waals surface area contributed by atoms with Crippen molar-refractivity contribution in [2.45, 2.75) is 38.8 Å². The summed E-state index contributed by atoms with van der Waals surface area (Å²) in [7, 11) is 3.50. The van der Waals surface area contributed by atoms with Crippen molar-refractivity contribution in [3.05, 3.63) is 22.9 Å². The zero-order valence-corrected chi connectivity index (χ0v) is 14.2. The first kappa shape index (κ1) is 16.5. The van der Waals surface area contributed by atoms with Crippen LogP contribution in [0.5, 0.6) is 0 Å². The van der Waals surface area contributed by atoms with Gasteiger partial charge in [-0.15, -0.1) is 0 Å². The molecule has 2 heterocycles. The maximum Gasteiger partial charge on any atom is 0.407 e. The van der Waals surface area contributed by atoms with E-state index in [0.717, 1.165) is 17.9 Å². The van der Waals surface area contributed by atoms with Gasteiger partial charge in [-0.2, -0.15) is 0 Å². The summed E-state index contributed by atoms with van der Waals surface area (Å²) in [6.07, 6.45) is 4.04. The van der Waals surface area contributed by atoms with Crippen LogP contribution in [0.25, 0.3) is 0 Å². The summed E-state index contributed by atoms with van der Waals surface area (Å²) in [6, 6.07) is 1.83. The molecule has 1 aliphatic heterocycles. The third-order valence-corrected chi connectivity index (χ3v) is 4.98. The van der Waals surface area contributed by atoms with Gasteiger partial charge in [0.15, 0.2) is 0 Å². The number of rotatable bonds is 5. The first-order chi connectivity index (χ1) is 11.5. The molecule has 1 aromatic rings. The van der Waals surface area contributed by atoms with Crippen LogP contribution in [0.4, 0.5) is 10.6 Å². The SMILES string of the molecule is CN(Cc1nc(N(C)CC2CCCC2)cc2c1CNC2=O)C(=O)O. The summed E-state index contributed by atoms with van der Waals surface area (Å²) in [4.78, 5) is 31.1. The van der Waals surface area contributed by atoms with Gasteiger partial charge >= 0.3 is 6.09 Å². The number of aromatic nitrogens is 1. The summed E-state index contributed by atoms with van der Waals surface area (Å²) in [5, 5.41) is 11.9. The van der Waals surface area contributed by atoms with E-state index in [-0.39, 0.29) is 12.5 Å². The standard InChI is InChI=1S/C17H24N4O3/c1-20(9-11-5-3-4-6-11)15-7-12-13(8-18-16(12)22)14(19-15)10-21(2)17(23)24/h7,11H,3-6,8-10H2,1-2H3,(H,18,22)(H,23,24). The van der Waals surface area contributed by atoms with Crippen molar-refractivity contribution in [2.75, 3.05) is 25.5 Å². The highest BCUT2D eigenvalue weighted by Gasteiger charge is 2.26. The number of nitrogens with one attached hydrogen (secondary N) is 1. The number of pyridine rings is 1. The number of nitrogens with zero attached hydrogens (tertiary/aromatic N) is 3. The third-order valence-electron chi connectivity index (χ3n) is 4.98. The van der Waals surface area contributed by atoms with Crippen molar-refractivity contribution < 1.29 is 14.7 Å². The summed E-state index contributed by atoms with van der Waals surface area (Å²) in [5.74, 6) is 1.30. The Morgan fingerprint density at radius 2 is 2.08 bits per heavy atom. The fourth-order valence-corrected chi connectivity index (χ4v) is 3.57. The average Bonchev–Trinajstić information content (AvgIpc) is 3.17. The number of carbonyl (C=O) groups is 2. The van der Waals surface area contributed by atoms with E-state index in [4.69, 9.17) is 5.11 Å². The molecule has 0 unspecified atom stereocenters. The van der Waals surface area contributed by atoms with Crippen LogP contribution in [0, 0.1) is 5.92 Å². The Morgan fingerprint density at radius 1 is 1.38 bits per heavy atom. The first-order valence-electron chi connectivity index (χ1n) is 8.42. The lowest BCUT2D eigenvalue weighted by atomic mass is 10.1. The van der Waals surface area contributed by atoms with Gasteiger partial charge in [0, 0.05) is 38.3 Å². The number of hydrogen-bond donors (Lipinski definition) is 2. The highest BCUT2D eigenvalue weighted by molar-refractivity contribution is 5.99. The van der Waals surface area contributed by atoms with E-state index in [1.54, 1.807) is 0 Å². The number of carboxylic acid groups (broad SMARTS) is 1. The highest BCUT2D eigenvalue weighted by Crippen LogP contribution is 2.28. The second-order valence-corrected chi connectivity index (χ2v) is 6.81. The fourth-order valence-electron chi connectivity index (χ4n) is 3.57. The smallest absolute Gasteiger partial charge is 0.407 e. The molecule has 0 radical (unpaired) electrons. The Morgan fingerprint density at radius 3 is 2.75 bits per heavy atom. The van der Waals surface area contributed by atoms with Gasteiger partial charge in [0.25, 0.3) is 5.91 Å². The Labute approximate surface area is 141 Å². The van der Waals surface area contributed by atoms with Gasteiger partial charge in [-0.05, 0) is 24.8 Å². The van der Waals surface area contributed by atoms with E-state index in [1.807, 2.05) is 13.1 Å². The molecule has 0 atom stereocenters. The van der Waals surface area contributed by atoms with Gasteiger partial charge in [0.05, 0.1) is 12.2 Å². The van der Waals surface area contributed by atoms with Crippen molar-refractivity contribution >= 4 is 17.8 Å². The molecule has 1 fully saturated rings. The van der Waals surface area contributed by atoms with Crippen LogP contribution < -0.4 is 10.2 Å². The maximum atomic E-state index is 12.1. The van der Waals surface area contributed by atoms with Gasteiger partial charge < -0.3 is 20.2 Å². The van der Waals surface area contributed by atoms with Gasteiger partial charge in [0.1, 0.15) is 5.82 Å². The van der Waals surface area contributed by atoms with Crippen LogP contribution in [-0.2, 0) is 13.1 Å². The van der Waals surface area contributed by atoms with Crippen molar-refractivity contribution in [1.29, 1.82) is 0 Å². The van der Waals surface area contributed by atoms with E-state index in [9.17, 15) is 9.59 Å². The molecule has 0 spiro atoms. The van der Waals surface area contributed by atoms with E-state index in [0.29, 0.717) is 23.7 Å². The van der Waals surface area contributed by atoms with Gasteiger partial charge in [0.2, 0.25) is 0 Å². The largest absolute Gasteiger partial charge is 0.465 e. The summed E-state index contributed by atoms with van der Waals surface area (Å²) in [5.41, 5.74) is 2.09. The second kappa shape index (κ2) is 6.67. The molecule has 7 heteroatoms. The van der Waals surface area contributed by atoms with Crippen molar-refractivity contribution in [3.63, 3.8) is 0 Å². The molecular weight excluding hydrogens is 308 g/mol. The van der Waals surface area contributed by atoms with Crippen LogP contribution >= 0.6 is 0 Å². The maximum absolute atomic E-state index is 12.1. The minimum absolute atomic E-state index is 0.109. The molecule has 2 N–H and O–H groups in total. The molecule has 0 aromatic carbocycles. The molecule has 1 aromatic heterocycles. The normalized spacial score (nSPS) is 16.8. The third kappa shape index (κ3) is 3.29. The first-order valence-corrected chi connectivity index (χ1v) is 8.42. The van der Waals surface area contributed by atoms with Crippen LogP contribution in [0.2, 0.25) is 0 Å². The van der Waals surface area contributed by atoms with Crippen LogP contribution in [-0.4, -0.2) is 47.6 Å². The molecule has 2 amide bonds. The molecule has 1 saturated carbocycles. The molecule has 130 valence electrons. The number of carbonyl (C=O) groups excluding carboxylic acids is 1. The lowest BCUT2D eigenvalue weighted by Gasteiger charge is -2.24. The molecule has 1 aliphatic carbocycles. The van der Waals surface area contributed by atoms with E-state index in [1.165, 1.54) is 37.6 Å². The minimum atomic E-state index is -1.01. The summed E-state index contributed by atoms with van der Waals surface area (Å²) in [6.45, 7) is 1.51. The number of fused-ring (bicyclic) bond motifs is 1. The van der Waals surface area contributed by atoms with Crippen molar-refractivity contribution in [3.8, 4) is 0 Å². The Balaban J connectivity index is 1.87. The molecule has 2 aliphatic rings. The molecule has 0 bridgehead atoms. The van der Waals surface area contributed by atoms with Gasteiger partial charge in [-0.1, -0.05) is 12.8 Å². The zero-order valence-electron chi connectivity index (χ0n) is 14.2. The topological polar surface area (TPSA) is 85.8 Å². The number of amides is 2. The molecular formula is C17H24N4O3. The number of hydrogen-bond acceptors (Lipinski definition) is 4. The molecule has 7 nitrogen and oxygen atoms in total. The van der Waals surface area contributed by atoms with Crippen LogP contribution in [0.3, 0.4) is 0 Å². The summed E-state index contributed by atoms with van der Waals surface area (Å²) < 4.78 is 0. The molecule has 24 heavy (non-hydrogen) atoms. The lowest BCUT2D eigenvalue weighted by Crippen LogP contribution is -2.28. The van der Waals surface area contributed by atoms with E-state index < -0.39 is 6.09 Å². The predicted octanol–water partition coefficient (Wildman–Crippen LogP) is 2.06. The highest BCUT2D eigenvalue weighted by atomic mass is 16.4. The second-order valence-electron chi connectivity index (χ2n) is 6.81. The zero-order chi connectivity index (χ0) is 17.3. The van der Waals surface area contributed by atoms with Crippen molar-refractivity contribution in [2.24, 2.45) is 5.92 Å². The fraction of sp³-hybridized carbons (Fsp3) is 0.588. The minimum Gasteiger partial charge on any atom is -0.465 e. The average molecular weight is 332 g/mol. The molecule has 0 saturated heterocycles. The number of anilines is 1. The monoisotopic (exact) mass is 332 g/mol. The van der Waals surface area contributed by atoms with Crippen molar-refractivity contribution in [1.82, 2.24) is 15.2 Å². The predicted molar refractivity (Wildman–Crippen MR) is 90.1 cm³/mol. The lowest BCUT2D eigenvalue weighted by molar-refractivity contribution is 0.0965. The quantitative estimate of drug-likeness (QED) is 0.862. The van der Waals surface area contributed by atoms with Crippen LogP contribution in [0.1, 0.15) is 47.3 Å². The Bertz CT molecular complexity index is 655.